The molecular weight excluding hydrogens is 262 g/mol. The van der Waals surface area contributed by atoms with Gasteiger partial charge in [0, 0.05) is 19.2 Å². The van der Waals surface area contributed by atoms with Crippen molar-refractivity contribution in [3.8, 4) is 0 Å². The van der Waals surface area contributed by atoms with Gasteiger partial charge in [0.15, 0.2) is 0 Å². The fourth-order valence-corrected chi connectivity index (χ4v) is 2.47. The summed E-state index contributed by atoms with van der Waals surface area (Å²) in [5.41, 5.74) is 9.21. The number of nitrogens with two attached hydrogens (primary N) is 1. The first-order valence-electron chi connectivity index (χ1n) is 6.92. The number of pyridine rings is 1. The zero-order valence-corrected chi connectivity index (χ0v) is 11.9. The van der Waals surface area contributed by atoms with E-state index < -0.39 is 0 Å². The molecule has 3 N–H and O–H groups in total. The van der Waals surface area contributed by atoms with E-state index in [4.69, 9.17) is 11.1 Å². The van der Waals surface area contributed by atoms with Crippen LogP contribution in [0.15, 0.2) is 42.6 Å². The van der Waals surface area contributed by atoms with Crippen molar-refractivity contribution >= 4 is 16.9 Å². The van der Waals surface area contributed by atoms with Crippen molar-refractivity contribution in [2.24, 2.45) is 5.73 Å². The number of nitrogens with zero attached hydrogens (tertiary/aromatic N) is 3. The maximum absolute atomic E-state index is 7.49. The molecule has 1 aromatic carbocycles. The number of hydrogen-bond acceptors (Lipinski definition) is 3. The lowest BCUT2D eigenvalue weighted by Crippen LogP contribution is -2.14. The van der Waals surface area contributed by atoms with Crippen LogP contribution in [0.4, 0.5) is 0 Å². The average Bonchev–Trinajstić information content (AvgIpc) is 2.86. The van der Waals surface area contributed by atoms with Gasteiger partial charge in [0.05, 0.1) is 11.0 Å². The lowest BCUT2D eigenvalue weighted by molar-refractivity contribution is 0.752. The zero-order chi connectivity index (χ0) is 14.8. The van der Waals surface area contributed by atoms with Gasteiger partial charge in [0.1, 0.15) is 17.4 Å². The number of rotatable bonds is 4. The molecule has 0 amide bonds. The van der Waals surface area contributed by atoms with E-state index in [0.717, 1.165) is 28.8 Å². The van der Waals surface area contributed by atoms with Gasteiger partial charge >= 0.3 is 0 Å². The first-order valence-corrected chi connectivity index (χ1v) is 6.92. The Kier molecular flexibility index (Phi) is 3.39. The van der Waals surface area contributed by atoms with E-state index in [-0.39, 0.29) is 5.84 Å². The van der Waals surface area contributed by atoms with Gasteiger partial charge in [-0.2, -0.15) is 0 Å². The van der Waals surface area contributed by atoms with E-state index in [0.29, 0.717) is 12.2 Å². The Morgan fingerprint density at radius 1 is 1.29 bits per heavy atom. The molecule has 2 aromatic heterocycles. The largest absolute Gasteiger partial charge is 0.382 e. The summed E-state index contributed by atoms with van der Waals surface area (Å²) in [6.07, 6.45) is 2.57. The lowest BCUT2D eigenvalue weighted by Gasteiger charge is -2.09. The second kappa shape index (κ2) is 5.36. The molecule has 3 aromatic rings. The van der Waals surface area contributed by atoms with Gasteiger partial charge in [-0.3, -0.25) is 10.4 Å². The number of benzene rings is 1. The lowest BCUT2D eigenvalue weighted by atomic mass is 10.2. The van der Waals surface area contributed by atoms with Gasteiger partial charge in [-0.05, 0) is 29.8 Å². The number of amidine groups is 1. The SMILES string of the molecule is CCc1nc2ccccc2n1Cc1ccnc(C(=N)N)c1. The van der Waals surface area contributed by atoms with Crippen LogP contribution < -0.4 is 5.73 Å². The van der Waals surface area contributed by atoms with Crippen molar-refractivity contribution < 1.29 is 0 Å². The van der Waals surface area contributed by atoms with E-state index in [1.54, 1.807) is 6.20 Å². The fourth-order valence-electron chi connectivity index (χ4n) is 2.47. The third-order valence-electron chi connectivity index (χ3n) is 3.49. The summed E-state index contributed by atoms with van der Waals surface area (Å²) in [4.78, 5) is 8.76. The Hall–Kier alpha value is -2.69. The molecule has 3 rings (SSSR count). The van der Waals surface area contributed by atoms with Crippen LogP contribution in [0.1, 0.15) is 24.0 Å². The number of hydrogen-bond donors (Lipinski definition) is 2. The smallest absolute Gasteiger partial charge is 0.141 e. The normalized spacial score (nSPS) is 10.9. The number of para-hydroxylation sites is 2. The van der Waals surface area contributed by atoms with Crippen molar-refractivity contribution in [1.82, 2.24) is 14.5 Å². The van der Waals surface area contributed by atoms with E-state index >= 15 is 0 Å². The number of imidazole rings is 1. The highest BCUT2D eigenvalue weighted by atomic mass is 15.1. The predicted molar refractivity (Wildman–Crippen MR) is 83.5 cm³/mol. The van der Waals surface area contributed by atoms with Crippen molar-refractivity contribution in [3.05, 3.63) is 59.7 Å². The summed E-state index contributed by atoms with van der Waals surface area (Å²) >= 11 is 0. The Morgan fingerprint density at radius 3 is 2.86 bits per heavy atom. The number of nitrogen functional groups attached to an aromatic ring is 1. The average molecular weight is 279 g/mol. The second-order valence-electron chi connectivity index (χ2n) is 4.92. The van der Waals surface area contributed by atoms with Gasteiger partial charge < -0.3 is 10.3 Å². The van der Waals surface area contributed by atoms with Gasteiger partial charge in [0.25, 0.3) is 0 Å². The summed E-state index contributed by atoms with van der Waals surface area (Å²) in [7, 11) is 0. The highest BCUT2D eigenvalue weighted by molar-refractivity contribution is 5.93. The van der Waals surface area contributed by atoms with Crippen LogP contribution >= 0.6 is 0 Å². The first-order chi connectivity index (χ1) is 10.2. The molecule has 0 bridgehead atoms. The maximum atomic E-state index is 7.49. The second-order valence-corrected chi connectivity index (χ2v) is 4.92. The molecule has 106 valence electrons. The van der Waals surface area contributed by atoms with E-state index in [1.807, 2.05) is 30.3 Å². The standard InChI is InChI=1S/C16H17N5/c1-2-15-20-12-5-3-4-6-14(12)21(15)10-11-7-8-19-13(9-11)16(17)18/h3-9H,2,10H2,1H3,(H3,17,18). The minimum absolute atomic E-state index is 0.0111. The molecule has 0 unspecified atom stereocenters. The van der Waals surface area contributed by atoms with Crippen LogP contribution in [-0.4, -0.2) is 20.4 Å². The Balaban J connectivity index is 2.05. The minimum Gasteiger partial charge on any atom is -0.382 e. The first kappa shape index (κ1) is 13.3. The molecule has 0 fully saturated rings. The number of nitrogens with one attached hydrogen (secondary N) is 1. The van der Waals surface area contributed by atoms with Crippen LogP contribution in [0, 0.1) is 5.41 Å². The molecule has 5 nitrogen and oxygen atoms in total. The Bertz CT molecular complexity index is 803. The topological polar surface area (TPSA) is 80.6 Å². The summed E-state index contributed by atoms with van der Waals surface area (Å²) in [5.74, 6) is 1.04. The summed E-state index contributed by atoms with van der Waals surface area (Å²) < 4.78 is 2.20. The molecule has 0 saturated carbocycles. The monoisotopic (exact) mass is 279 g/mol. The quantitative estimate of drug-likeness (QED) is 0.568. The molecule has 0 atom stereocenters. The maximum Gasteiger partial charge on any atom is 0.141 e. The summed E-state index contributed by atoms with van der Waals surface area (Å²) in [6.45, 7) is 2.80. The van der Waals surface area contributed by atoms with Crippen LogP contribution in [0.2, 0.25) is 0 Å². The highest BCUT2D eigenvalue weighted by Gasteiger charge is 2.10. The van der Waals surface area contributed by atoms with Crippen molar-refractivity contribution in [2.75, 3.05) is 0 Å². The molecular formula is C16H17N5. The zero-order valence-electron chi connectivity index (χ0n) is 11.9. The van der Waals surface area contributed by atoms with Crippen LogP contribution in [0.3, 0.4) is 0 Å². The summed E-state index contributed by atoms with van der Waals surface area (Å²) in [5, 5.41) is 7.49. The van der Waals surface area contributed by atoms with Crippen LogP contribution in [-0.2, 0) is 13.0 Å². The molecule has 0 aliphatic carbocycles. The van der Waals surface area contributed by atoms with E-state index in [1.165, 1.54) is 0 Å². The molecule has 21 heavy (non-hydrogen) atoms. The van der Waals surface area contributed by atoms with Gasteiger partial charge in [-0.1, -0.05) is 19.1 Å². The molecule has 0 radical (unpaired) electrons. The highest BCUT2D eigenvalue weighted by Crippen LogP contribution is 2.18. The molecule has 0 aliphatic heterocycles. The number of fused-ring (bicyclic) bond motifs is 1. The minimum atomic E-state index is -0.0111. The van der Waals surface area contributed by atoms with Gasteiger partial charge in [-0.25, -0.2) is 4.98 Å². The van der Waals surface area contributed by atoms with E-state index in [9.17, 15) is 0 Å². The van der Waals surface area contributed by atoms with E-state index in [2.05, 4.69) is 27.5 Å². The van der Waals surface area contributed by atoms with Gasteiger partial charge in [0.2, 0.25) is 0 Å². The molecule has 2 heterocycles. The number of aromatic nitrogens is 3. The molecule has 0 saturated heterocycles. The van der Waals surface area contributed by atoms with Crippen LogP contribution in [0.25, 0.3) is 11.0 Å². The Labute approximate surface area is 123 Å². The van der Waals surface area contributed by atoms with Crippen molar-refractivity contribution in [3.63, 3.8) is 0 Å². The van der Waals surface area contributed by atoms with Crippen molar-refractivity contribution in [1.29, 1.82) is 5.41 Å². The Morgan fingerprint density at radius 2 is 2.10 bits per heavy atom. The molecule has 5 heteroatoms. The van der Waals surface area contributed by atoms with Gasteiger partial charge in [-0.15, -0.1) is 0 Å². The molecule has 0 aliphatic rings. The van der Waals surface area contributed by atoms with Crippen LogP contribution in [0.5, 0.6) is 0 Å². The summed E-state index contributed by atoms with van der Waals surface area (Å²) in [6, 6.07) is 11.9. The third-order valence-corrected chi connectivity index (χ3v) is 3.49. The fraction of sp³-hybridized carbons (Fsp3) is 0.188. The van der Waals surface area contributed by atoms with Crippen molar-refractivity contribution in [2.45, 2.75) is 19.9 Å². The predicted octanol–water partition coefficient (Wildman–Crippen LogP) is 2.33. The third kappa shape index (κ3) is 2.50. The number of aryl methyl sites for hydroxylation is 1. The molecule has 0 spiro atoms.